The van der Waals surface area contributed by atoms with E-state index in [1.54, 1.807) is 0 Å². The van der Waals surface area contributed by atoms with E-state index in [-0.39, 0.29) is 0 Å². The molecular weight excluding hydrogens is 214 g/mol. The number of anilines is 1. The van der Waals surface area contributed by atoms with E-state index < -0.39 is 0 Å². The van der Waals surface area contributed by atoms with Crippen LogP contribution in [0, 0.1) is 5.92 Å². The maximum atomic E-state index is 6.14. The third-order valence-electron chi connectivity index (χ3n) is 3.48. The van der Waals surface area contributed by atoms with E-state index in [1.807, 2.05) is 28.9 Å². The molecule has 1 aliphatic rings. The summed E-state index contributed by atoms with van der Waals surface area (Å²) in [6.07, 6.45) is 5.15. The van der Waals surface area contributed by atoms with Gasteiger partial charge in [0.1, 0.15) is 0 Å². The first-order valence-corrected chi connectivity index (χ1v) is 6.14. The number of ether oxygens (including phenoxy) is 1. The SMILES string of the molecule is Nc1c(CC2CCOCC2)nn2ccccc12. The van der Waals surface area contributed by atoms with Gasteiger partial charge < -0.3 is 10.5 Å². The van der Waals surface area contributed by atoms with Crippen molar-refractivity contribution in [3.05, 3.63) is 30.1 Å². The number of fused-ring (bicyclic) bond motifs is 1. The Hall–Kier alpha value is -1.55. The molecule has 90 valence electrons. The van der Waals surface area contributed by atoms with Crippen molar-refractivity contribution < 1.29 is 4.74 Å². The quantitative estimate of drug-likeness (QED) is 0.858. The summed E-state index contributed by atoms with van der Waals surface area (Å²) in [4.78, 5) is 0. The lowest BCUT2D eigenvalue weighted by Crippen LogP contribution is -2.18. The van der Waals surface area contributed by atoms with Crippen molar-refractivity contribution in [1.29, 1.82) is 0 Å². The van der Waals surface area contributed by atoms with Crippen LogP contribution in [-0.4, -0.2) is 22.8 Å². The van der Waals surface area contributed by atoms with E-state index in [2.05, 4.69) is 5.10 Å². The molecule has 1 aliphatic heterocycles. The van der Waals surface area contributed by atoms with Crippen LogP contribution in [0.3, 0.4) is 0 Å². The number of nitrogen functional groups attached to an aromatic ring is 1. The second kappa shape index (κ2) is 4.37. The Morgan fingerprint density at radius 2 is 2.18 bits per heavy atom. The van der Waals surface area contributed by atoms with Crippen LogP contribution < -0.4 is 5.73 Å². The zero-order valence-corrected chi connectivity index (χ0v) is 9.80. The van der Waals surface area contributed by atoms with Crippen molar-refractivity contribution in [2.75, 3.05) is 18.9 Å². The Bertz CT molecular complexity index is 514. The second-order valence-corrected chi connectivity index (χ2v) is 4.65. The molecule has 1 saturated heterocycles. The smallest absolute Gasteiger partial charge is 0.0894 e. The summed E-state index contributed by atoms with van der Waals surface area (Å²) in [7, 11) is 0. The summed E-state index contributed by atoms with van der Waals surface area (Å²) in [5.41, 5.74) is 9.01. The largest absolute Gasteiger partial charge is 0.395 e. The highest BCUT2D eigenvalue weighted by Crippen LogP contribution is 2.25. The van der Waals surface area contributed by atoms with Crippen LogP contribution in [0.15, 0.2) is 24.4 Å². The Labute approximate surface area is 100 Å². The predicted octanol–water partition coefficient (Wildman–Crippen LogP) is 1.89. The standard InChI is InChI=1S/C13H17N3O/c14-13-11(9-10-4-7-17-8-5-10)15-16-6-2-1-3-12(13)16/h1-3,6,10H,4-5,7-9,14H2. The number of nitrogens with zero attached hydrogens (tertiary/aromatic N) is 2. The Kier molecular flexibility index (Phi) is 2.73. The van der Waals surface area contributed by atoms with Gasteiger partial charge in [0.05, 0.1) is 16.9 Å². The molecule has 0 spiro atoms. The van der Waals surface area contributed by atoms with Gasteiger partial charge in [0.25, 0.3) is 0 Å². The monoisotopic (exact) mass is 231 g/mol. The molecule has 0 unspecified atom stereocenters. The average Bonchev–Trinajstić information content (AvgIpc) is 2.68. The van der Waals surface area contributed by atoms with Crippen molar-refractivity contribution in [2.24, 2.45) is 5.92 Å². The highest BCUT2D eigenvalue weighted by molar-refractivity contribution is 5.71. The second-order valence-electron chi connectivity index (χ2n) is 4.65. The van der Waals surface area contributed by atoms with Crippen LogP contribution in [-0.2, 0) is 11.2 Å². The molecule has 4 heteroatoms. The average molecular weight is 231 g/mol. The molecule has 0 amide bonds. The number of aromatic nitrogens is 2. The predicted molar refractivity (Wildman–Crippen MR) is 66.9 cm³/mol. The van der Waals surface area contributed by atoms with Gasteiger partial charge in [-0.25, -0.2) is 4.52 Å². The number of nitrogens with two attached hydrogens (primary N) is 1. The van der Waals surface area contributed by atoms with Crippen LogP contribution in [0.4, 0.5) is 5.69 Å². The van der Waals surface area contributed by atoms with Crippen molar-refractivity contribution in [3.8, 4) is 0 Å². The van der Waals surface area contributed by atoms with Crippen LogP contribution in [0.25, 0.3) is 5.52 Å². The van der Waals surface area contributed by atoms with Crippen LogP contribution >= 0.6 is 0 Å². The molecule has 0 bridgehead atoms. The molecule has 3 heterocycles. The fourth-order valence-electron chi connectivity index (χ4n) is 2.44. The number of hydrogen-bond donors (Lipinski definition) is 1. The first-order valence-electron chi connectivity index (χ1n) is 6.14. The molecule has 4 nitrogen and oxygen atoms in total. The minimum atomic E-state index is 0.663. The van der Waals surface area contributed by atoms with E-state index in [0.29, 0.717) is 5.92 Å². The summed E-state index contributed by atoms with van der Waals surface area (Å²) < 4.78 is 7.23. The Morgan fingerprint density at radius 1 is 1.35 bits per heavy atom. The molecule has 0 aliphatic carbocycles. The number of hydrogen-bond acceptors (Lipinski definition) is 3. The fraction of sp³-hybridized carbons (Fsp3) is 0.462. The lowest BCUT2D eigenvalue weighted by molar-refractivity contribution is 0.0663. The lowest BCUT2D eigenvalue weighted by atomic mass is 9.94. The zero-order valence-electron chi connectivity index (χ0n) is 9.80. The van der Waals surface area contributed by atoms with E-state index in [9.17, 15) is 0 Å². The van der Waals surface area contributed by atoms with Crippen LogP contribution in [0.2, 0.25) is 0 Å². The van der Waals surface area contributed by atoms with Gasteiger partial charge in [0.2, 0.25) is 0 Å². The maximum absolute atomic E-state index is 6.14. The minimum Gasteiger partial charge on any atom is -0.395 e. The van der Waals surface area contributed by atoms with Gasteiger partial charge in [-0.1, -0.05) is 6.07 Å². The minimum absolute atomic E-state index is 0.663. The molecule has 0 aromatic carbocycles. The summed E-state index contributed by atoms with van der Waals surface area (Å²) >= 11 is 0. The molecule has 0 radical (unpaired) electrons. The van der Waals surface area contributed by atoms with Gasteiger partial charge in [-0.15, -0.1) is 0 Å². The van der Waals surface area contributed by atoms with E-state index >= 15 is 0 Å². The molecule has 2 aromatic heterocycles. The topological polar surface area (TPSA) is 52.5 Å². The number of pyridine rings is 1. The highest BCUT2D eigenvalue weighted by atomic mass is 16.5. The van der Waals surface area contributed by atoms with Crippen molar-refractivity contribution in [3.63, 3.8) is 0 Å². The summed E-state index contributed by atoms with van der Waals surface area (Å²) in [6, 6.07) is 5.97. The number of rotatable bonds is 2. The molecular formula is C13H17N3O. The van der Waals surface area contributed by atoms with Crippen molar-refractivity contribution in [2.45, 2.75) is 19.3 Å². The Balaban J connectivity index is 1.87. The Morgan fingerprint density at radius 3 is 2.94 bits per heavy atom. The van der Waals surface area contributed by atoms with E-state index in [1.165, 1.54) is 0 Å². The van der Waals surface area contributed by atoms with E-state index in [4.69, 9.17) is 10.5 Å². The van der Waals surface area contributed by atoms with Crippen molar-refractivity contribution in [1.82, 2.24) is 9.61 Å². The lowest BCUT2D eigenvalue weighted by Gasteiger charge is -2.21. The van der Waals surface area contributed by atoms with Gasteiger partial charge in [-0.3, -0.25) is 0 Å². The fourth-order valence-corrected chi connectivity index (χ4v) is 2.44. The summed E-state index contributed by atoms with van der Waals surface area (Å²) in [5, 5.41) is 4.56. The molecule has 17 heavy (non-hydrogen) atoms. The van der Waals surface area contributed by atoms with Gasteiger partial charge in [0, 0.05) is 19.4 Å². The van der Waals surface area contributed by atoms with Gasteiger partial charge in [-0.2, -0.15) is 5.10 Å². The molecule has 2 aromatic rings. The van der Waals surface area contributed by atoms with E-state index in [0.717, 1.165) is 49.4 Å². The molecule has 3 rings (SSSR count). The zero-order chi connectivity index (χ0) is 11.7. The molecule has 0 atom stereocenters. The van der Waals surface area contributed by atoms with Gasteiger partial charge in [-0.05, 0) is 37.3 Å². The van der Waals surface area contributed by atoms with Gasteiger partial charge >= 0.3 is 0 Å². The van der Waals surface area contributed by atoms with Crippen LogP contribution in [0.5, 0.6) is 0 Å². The van der Waals surface area contributed by atoms with Crippen LogP contribution in [0.1, 0.15) is 18.5 Å². The van der Waals surface area contributed by atoms with Crippen molar-refractivity contribution >= 4 is 11.2 Å². The molecule has 1 fully saturated rings. The molecule has 0 saturated carbocycles. The third-order valence-corrected chi connectivity index (χ3v) is 3.48. The first-order chi connectivity index (χ1) is 8.34. The molecule has 2 N–H and O–H groups in total. The summed E-state index contributed by atoms with van der Waals surface area (Å²) in [5.74, 6) is 0.663. The van der Waals surface area contributed by atoms with Gasteiger partial charge in [0.15, 0.2) is 0 Å². The third kappa shape index (κ3) is 2.00. The first kappa shape index (κ1) is 10.6. The maximum Gasteiger partial charge on any atom is 0.0894 e. The highest BCUT2D eigenvalue weighted by Gasteiger charge is 2.18. The summed E-state index contributed by atoms with van der Waals surface area (Å²) in [6.45, 7) is 1.75. The normalized spacial score (nSPS) is 17.6.